The van der Waals surface area contributed by atoms with E-state index in [1.807, 2.05) is 19.2 Å². The van der Waals surface area contributed by atoms with Crippen molar-refractivity contribution in [1.82, 2.24) is 53.2 Å². The quantitative estimate of drug-likeness (QED) is 0.0188. The number of nitrogens with zero attached hydrogens (tertiary/aromatic N) is 1. The zero-order valence-corrected chi connectivity index (χ0v) is 58.7. The van der Waals surface area contributed by atoms with Gasteiger partial charge in [-0.1, -0.05) is 112 Å². The second-order valence-electron chi connectivity index (χ2n) is 26.2. The highest BCUT2D eigenvalue weighted by atomic mass is 16.6. The van der Waals surface area contributed by atoms with Crippen LogP contribution in [0.25, 0.3) is 0 Å². The Morgan fingerprint density at radius 3 is 1.80 bits per heavy atom. The molecule has 1 aliphatic heterocycles. The minimum atomic E-state index is -2.65. The van der Waals surface area contributed by atoms with Gasteiger partial charge in [-0.2, -0.15) is 0 Å². The molecule has 15 atom stereocenters. The molecular formula is C66H103N15O19. The molecule has 1 heterocycles. The minimum Gasteiger partial charge on any atom is -0.497 e. The summed E-state index contributed by atoms with van der Waals surface area (Å²) in [6, 6.07) is -5.82. The molecule has 100 heavy (non-hydrogen) atoms. The Hall–Kier alpha value is -9.54. The Bertz CT molecular complexity index is 3170. The molecule has 0 radical (unpaired) electrons. The maximum Gasteiger partial charge on any atom is 0.338 e. The first-order valence-electron chi connectivity index (χ1n) is 33.1. The molecule has 1 aliphatic rings. The number of guanidine groups is 1. The molecule has 0 saturated carbocycles. The van der Waals surface area contributed by atoms with Crippen molar-refractivity contribution in [3.8, 4) is 5.75 Å². The van der Waals surface area contributed by atoms with Crippen molar-refractivity contribution < 1.29 is 91.9 Å². The van der Waals surface area contributed by atoms with Crippen LogP contribution in [-0.2, 0) is 67.0 Å². The lowest BCUT2D eigenvalue weighted by Gasteiger charge is -2.34. The number of carbonyl (C=O) groups excluding carboxylic acids is 13. The number of cyclic esters (lactones) is 1. The topological polar surface area (TPSA) is 547 Å². The fourth-order valence-corrected chi connectivity index (χ4v) is 10.2. The van der Waals surface area contributed by atoms with E-state index in [-0.39, 0.29) is 79.7 Å². The van der Waals surface area contributed by atoms with Crippen LogP contribution in [0.3, 0.4) is 0 Å². The summed E-state index contributed by atoms with van der Waals surface area (Å²) in [7, 11) is 1.31. The first kappa shape index (κ1) is 84.7. The van der Waals surface area contributed by atoms with Gasteiger partial charge in [-0.25, -0.2) is 9.59 Å². The van der Waals surface area contributed by atoms with Gasteiger partial charge in [-0.3, -0.25) is 57.7 Å². The number of amides is 11. The summed E-state index contributed by atoms with van der Waals surface area (Å²) in [6.45, 7) is 15.4. The van der Waals surface area contributed by atoms with E-state index in [1.54, 1.807) is 41.5 Å². The smallest absolute Gasteiger partial charge is 0.338 e. The Balaban J connectivity index is 2.53. The van der Waals surface area contributed by atoms with Crippen molar-refractivity contribution >= 4 is 82.9 Å². The molecule has 11 amide bonds. The van der Waals surface area contributed by atoms with Crippen LogP contribution in [-0.4, -0.2) is 204 Å². The largest absolute Gasteiger partial charge is 0.497 e. The van der Waals surface area contributed by atoms with Gasteiger partial charge in [0.05, 0.1) is 37.5 Å². The summed E-state index contributed by atoms with van der Waals surface area (Å²) in [5.41, 5.74) is 22.6. The first-order chi connectivity index (χ1) is 46.9. The molecule has 2 aromatic carbocycles. The average Bonchev–Trinajstić information content (AvgIpc) is 0.817. The van der Waals surface area contributed by atoms with E-state index in [9.17, 15) is 58.5 Å². The monoisotopic (exact) mass is 1410 g/mol. The van der Waals surface area contributed by atoms with Crippen LogP contribution in [0, 0.1) is 29.6 Å². The summed E-state index contributed by atoms with van der Waals surface area (Å²) < 4.78 is 16.9. The molecule has 3 rings (SSSR count). The molecule has 0 bridgehead atoms. The summed E-state index contributed by atoms with van der Waals surface area (Å²) in [5.74, 6) is -18.7. The number of methoxy groups -OCH3 is 1. The number of hydrogen-bond donors (Lipinski definition) is 17. The molecule has 1 fully saturated rings. The highest BCUT2D eigenvalue weighted by molar-refractivity contribution is 6.00. The molecule has 0 spiro atoms. The number of esters is 2. The van der Waals surface area contributed by atoms with E-state index in [0.29, 0.717) is 0 Å². The lowest BCUT2D eigenvalue weighted by molar-refractivity contribution is -0.159. The zero-order valence-electron chi connectivity index (χ0n) is 58.7. The second-order valence-corrected chi connectivity index (χ2v) is 26.2. The Kier molecular flexibility index (Phi) is 34.8. The van der Waals surface area contributed by atoms with Gasteiger partial charge in [0.25, 0.3) is 0 Å². The van der Waals surface area contributed by atoms with Gasteiger partial charge in [0, 0.05) is 6.54 Å². The number of primary amides is 1. The molecular weight excluding hydrogens is 1310 g/mol. The fourth-order valence-electron chi connectivity index (χ4n) is 10.2. The Labute approximate surface area is 581 Å². The number of aliphatic hydroxyl groups is 3. The molecule has 0 unspecified atom stereocenters. The summed E-state index contributed by atoms with van der Waals surface area (Å²) in [5, 5.41) is 58.3. The summed E-state index contributed by atoms with van der Waals surface area (Å²) in [6.07, 6.45) is -8.40. The summed E-state index contributed by atoms with van der Waals surface area (Å²) >= 11 is 0. The highest BCUT2D eigenvalue weighted by Gasteiger charge is 2.44. The van der Waals surface area contributed by atoms with Gasteiger partial charge in [-0.15, -0.1) is 0 Å². The number of carbonyl (C=O) groups is 13. The number of aliphatic hydroxyl groups excluding tert-OH is 3. The van der Waals surface area contributed by atoms with E-state index >= 15 is 19.2 Å². The molecule has 34 nitrogen and oxygen atoms in total. The van der Waals surface area contributed by atoms with Gasteiger partial charge in [0.15, 0.2) is 24.2 Å². The number of hydrogen-bond acceptors (Lipinski definition) is 21. The van der Waals surface area contributed by atoms with Crippen LogP contribution in [0.1, 0.15) is 137 Å². The predicted molar refractivity (Wildman–Crippen MR) is 362 cm³/mol. The predicted octanol–water partition coefficient (Wildman–Crippen LogP) is -3.56. The van der Waals surface area contributed by atoms with E-state index in [1.165, 1.54) is 75.6 Å². The fraction of sp³-hybridized carbons (Fsp3) is 0.606. The lowest BCUT2D eigenvalue weighted by atomic mass is 9.95. The van der Waals surface area contributed by atoms with Gasteiger partial charge in [0.2, 0.25) is 65.0 Å². The van der Waals surface area contributed by atoms with Gasteiger partial charge in [-0.05, 0) is 92.4 Å². The molecule has 0 aliphatic carbocycles. The van der Waals surface area contributed by atoms with E-state index in [4.69, 9.17) is 37.1 Å². The van der Waals surface area contributed by atoms with Crippen molar-refractivity contribution in [2.45, 2.75) is 200 Å². The third-order valence-corrected chi connectivity index (χ3v) is 16.0. The third kappa shape index (κ3) is 27.3. The molecule has 1 saturated heterocycles. The highest BCUT2D eigenvalue weighted by Crippen LogP contribution is 2.25. The standard InChI is InChI=1S/C66H103N15O19/c1-13-35(10)46-60(92)79-47(36(11)82)59(91)72-29-45(83)77-49(52(85)54(68)86)62(94)76-44(30-99-64(96)38-21-17-22-39(28-38)98-12)65(97)100-53(37-19-15-14-16-20-37)50(81-58(90)43(27-33(6)7)74-55(87)40(67)25-31(2)3)63(95)80-48(51(84)34(8)9)61(93)75-42(26-32(4)5)57(89)73-41(56(88)78-46)23-18-24-71-66(69)70/h14-17,19-22,28,31-36,40-44,46-53,82,84-85H,13,18,23-27,29-30,67H2,1-12H3,(H2,68,86)(H,72,91)(H,73,89)(H,74,87)(H,75,93)(H,76,94)(H,77,83)(H,78,88)(H,79,92)(H,80,95)(H,81,90)(H4,69,70,71)/t35-,36-,40+,41+,42-,43-,44-,46-,47-,48-,49-,50-,51+,52-,53+/m0/s1. The summed E-state index contributed by atoms with van der Waals surface area (Å²) in [4.78, 5) is 191. The van der Waals surface area contributed by atoms with Crippen LogP contribution in [0.4, 0.5) is 0 Å². The van der Waals surface area contributed by atoms with Gasteiger partial charge >= 0.3 is 11.9 Å². The van der Waals surface area contributed by atoms with E-state index in [2.05, 4.69) is 52.8 Å². The Morgan fingerprint density at radius 1 is 0.650 bits per heavy atom. The number of aliphatic imine (C=N–C) groups is 1. The van der Waals surface area contributed by atoms with Crippen LogP contribution in [0.5, 0.6) is 5.75 Å². The van der Waals surface area contributed by atoms with Crippen molar-refractivity contribution in [3.05, 3.63) is 65.7 Å². The first-order valence-corrected chi connectivity index (χ1v) is 33.1. The molecule has 2 aromatic rings. The number of benzene rings is 2. The van der Waals surface area contributed by atoms with Crippen LogP contribution < -0.4 is 80.8 Å². The van der Waals surface area contributed by atoms with Gasteiger partial charge < -0.3 is 106 Å². The molecule has 34 heteroatoms. The minimum absolute atomic E-state index is 0.0305. The second kappa shape index (κ2) is 41.1. The van der Waals surface area contributed by atoms with E-state index in [0.717, 1.165) is 6.92 Å². The SMILES string of the molecule is CC[C@H](C)[C@@H]1NC(=O)[C@@H](CCCN=C(N)N)NC(=O)[C@H](CC(C)C)NC(=O)[C@H]([C@H](O)C(C)C)NC(=O)[C@@H](NC(=O)[C@H](CC(C)C)NC(=O)[C@H](N)CC(C)C)[C@@H](c2ccccc2)OC(=O)[C@H](COC(=O)c2cccc(OC)c2)NC(=O)[C@H]([C@H](O)C(N)=O)NC(=O)CNC(=O)[C@H]([C@H](C)O)NC1=O. The normalized spacial score (nSPS) is 23.3. The van der Waals surface area contributed by atoms with Crippen molar-refractivity contribution in [3.63, 3.8) is 0 Å². The van der Waals surface area contributed by atoms with Crippen LogP contribution in [0.15, 0.2) is 59.6 Å². The maximum absolute atomic E-state index is 15.7. The number of nitrogens with two attached hydrogens (primary N) is 4. The van der Waals surface area contributed by atoms with Gasteiger partial charge in [0.1, 0.15) is 60.7 Å². The molecule has 556 valence electrons. The van der Waals surface area contributed by atoms with E-state index < -0.39 is 193 Å². The molecule has 21 N–H and O–H groups in total. The third-order valence-electron chi connectivity index (χ3n) is 16.0. The molecule has 0 aromatic heterocycles. The lowest BCUT2D eigenvalue weighted by Crippen LogP contribution is -2.64. The average molecular weight is 1410 g/mol. The van der Waals surface area contributed by atoms with Crippen molar-refractivity contribution in [2.24, 2.45) is 57.5 Å². The van der Waals surface area contributed by atoms with Crippen molar-refractivity contribution in [1.29, 1.82) is 0 Å². The zero-order chi connectivity index (χ0) is 75.4. The Morgan fingerprint density at radius 2 is 1.23 bits per heavy atom. The van der Waals surface area contributed by atoms with Crippen LogP contribution >= 0.6 is 0 Å². The maximum atomic E-state index is 15.7. The van der Waals surface area contributed by atoms with Crippen molar-refractivity contribution in [2.75, 3.05) is 26.8 Å². The van der Waals surface area contributed by atoms with Crippen LogP contribution in [0.2, 0.25) is 0 Å². The number of ether oxygens (including phenoxy) is 3. The number of rotatable bonds is 26. The number of nitrogens with one attached hydrogen (secondary N) is 10.